The van der Waals surface area contributed by atoms with E-state index >= 15 is 0 Å². The van der Waals surface area contributed by atoms with E-state index in [1.807, 2.05) is 43.4 Å². The maximum absolute atomic E-state index is 12.3. The average molecular weight is 404 g/mol. The Hall–Kier alpha value is -4.25. The Balaban J connectivity index is 1.79. The van der Waals surface area contributed by atoms with E-state index < -0.39 is 11.9 Å². The maximum Gasteiger partial charge on any atom is 0.346 e. The largest absolute Gasteiger partial charge is 0.386 e. The lowest BCUT2D eigenvalue weighted by molar-refractivity contribution is 0.0391. The minimum atomic E-state index is -0.622. The van der Waals surface area contributed by atoms with Gasteiger partial charge in [0.25, 0.3) is 0 Å². The highest BCUT2D eigenvalue weighted by atomic mass is 16.6. The molecule has 0 fully saturated rings. The van der Waals surface area contributed by atoms with Gasteiger partial charge in [0.2, 0.25) is 0 Å². The Morgan fingerprint density at radius 2 is 1.26 bits per heavy atom. The van der Waals surface area contributed by atoms with Crippen LogP contribution in [0.1, 0.15) is 20.7 Å². The smallest absolute Gasteiger partial charge is 0.346 e. The summed E-state index contributed by atoms with van der Waals surface area (Å²) >= 11 is 0. The Bertz CT molecular complexity index is 1580. The van der Waals surface area contributed by atoms with Crippen LogP contribution in [0, 0.1) is 0 Å². The third-order valence-corrected chi connectivity index (χ3v) is 5.92. The maximum atomic E-state index is 12.3. The van der Waals surface area contributed by atoms with Crippen molar-refractivity contribution in [3.63, 3.8) is 0 Å². The minimum absolute atomic E-state index is 0.387. The Morgan fingerprint density at radius 1 is 0.677 bits per heavy atom. The Morgan fingerprint density at radius 3 is 1.94 bits per heavy atom. The molecule has 4 aromatic carbocycles. The number of cyclic esters (lactones) is 2. The average Bonchev–Trinajstić information content (AvgIpc) is 2.80. The third-order valence-electron chi connectivity index (χ3n) is 5.92. The molecule has 0 aliphatic carbocycles. The topological polar surface area (TPSA) is 60.7 Å². The molecule has 1 aliphatic rings. The summed E-state index contributed by atoms with van der Waals surface area (Å²) in [5.74, 6) is -1.24. The number of nitrogens with zero attached hydrogens (tertiary/aromatic N) is 2. The molecule has 1 aromatic heterocycles. The standard InChI is InChI=1S/C26H16N2O3/c1-28-21-11-4-2-7-16(21)24(17-8-3-5-12-22(17)28)27-20-14-13-19-23-15(20)9-6-10-18(23)25(29)31-26(19)30/h2-14H,1H3. The summed E-state index contributed by atoms with van der Waals surface area (Å²) < 4.78 is 7.04. The predicted octanol–water partition coefficient (Wildman–Crippen LogP) is 5.03. The number of benzene rings is 4. The first kappa shape index (κ1) is 17.6. The first-order chi connectivity index (χ1) is 15.1. The van der Waals surface area contributed by atoms with E-state index in [0.29, 0.717) is 22.2 Å². The van der Waals surface area contributed by atoms with Crippen LogP contribution in [0.15, 0.2) is 83.9 Å². The quantitative estimate of drug-likeness (QED) is 0.224. The van der Waals surface area contributed by atoms with Crippen molar-refractivity contribution in [3.05, 3.63) is 95.3 Å². The first-order valence-corrected chi connectivity index (χ1v) is 9.97. The highest BCUT2D eigenvalue weighted by molar-refractivity contribution is 6.22. The molecule has 0 atom stereocenters. The number of esters is 2. The second kappa shape index (κ2) is 6.37. The monoisotopic (exact) mass is 404 g/mol. The summed E-state index contributed by atoms with van der Waals surface area (Å²) in [7, 11) is 2.05. The van der Waals surface area contributed by atoms with E-state index in [1.165, 1.54) is 0 Å². The number of aryl methyl sites for hydroxylation is 1. The highest BCUT2D eigenvalue weighted by Gasteiger charge is 2.27. The van der Waals surface area contributed by atoms with Gasteiger partial charge >= 0.3 is 11.9 Å². The van der Waals surface area contributed by atoms with Gasteiger partial charge in [0.15, 0.2) is 0 Å². The van der Waals surface area contributed by atoms with Crippen LogP contribution < -0.4 is 5.36 Å². The molecule has 0 bridgehead atoms. The molecule has 31 heavy (non-hydrogen) atoms. The number of hydrogen-bond acceptors (Lipinski definition) is 4. The van der Waals surface area contributed by atoms with Crippen molar-refractivity contribution in [1.82, 2.24) is 4.57 Å². The fourth-order valence-corrected chi connectivity index (χ4v) is 4.47. The van der Waals surface area contributed by atoms with Crippen LogP contribution in [-0.4, -0.2) is 16.5 Å². The van der Waals surface area contributed by atoms with Crippen molar-refractivity contribution in [2.24, 2.45) is 12.0 Å². The molecule has 0 saturated heterocycles. The molecule has 0 spiro atoms. The zero-order valence-corrected chi connectivity index (χ0v) is 16.6. The number of carbonyl (C=O) groups is 2. The zero-order chi connectivity index (χ0) is 21.1. The Kier molecular flexibility index (Phi) is 3.62. The zero-order valence-electron chi connectivity index (χ0n) is 16.6. The normalized spacial score (nSPS) is 13.1. The van der Waals surface area contributed by atoms with Gasteiger partial charge in [0.1, 0.15) is 0 Å². The molecule has 0 amide bonds. The number of pyridine rings is 1. The van der Waals surface area contributed by atoms with E-state index in [1.54, 1.807) is 18.2 Å². The van der Waals surface area contributed by atoms with Gasteiger partial charge in [-0.15, -0.1) is 0 Å². The van der Waals surface area contributed by atoms with Crippen molar-refractivity contribution >= 4 is 50.2 Å². The lowest BCUT2D eigenvalue weighted by Crippen LogP contribution is -2.19. The van der Waals surface area contributed by atoms with Crippen LogP contribution in [0.2, 0.25) is 0 Å². The lowest BCUT2D eigenvalue weighted by Gasteiger charge is -2.16. The third kappa shape index (κ3) is 2.47. The number of ether oxygens (including phenoxy) is 1. The van der Waals surface area contributed by atoms with Crippen LogP contribution in [0.25, 0.3) is 32.6 Å². The molecule has 0 N–H and O–H groups in total. The lowest BCUT2D eigenvalue weighted by atomic mass is 9.96. The van der Waals surface area contributed by atoms with Gasteiger partial charge in [0, 0.05) is 28.6 Å². The molecule has 2 heterocycles. The molecule has 1 aliphatic heterocycles. The van der Waals surface area contributed by atoms with E-state index in [2.05, 4.69) is 28.8 Å². The van der Waals surface area contributed by atoms with Crippen molar-refractivity contribution in [1.29, 1.82) is 0 Å². The van der Waals surface area contributed by atoms with Crippen molar-refractivity contribution < 1.29 is 14.3 Å². The molecule has 5 nitrogen and oxygen atoms in total. The fraction of sp³-hybridized carbons (Fsp3) is 0.0385. The van der Waals surface area contributed by atoms with Crippen molar-refractivity contribution in [2.45, 2.75) is 0 Å². The van der Waals surface area contributed by atoms with E-state index in [-0.39, 0.29) is 0 Å². The first-order valence-electron chi connectivity index (χ1n) is 9.97. The molecular formula is C26H16N2O3. The van der Waals surface area contributed by atoms with E-state index in [9.17, 15) is 9.59 Å². The molecule has 5 heteroatoms. The number of fused-ring (bicyclic) bond motifs is 2. The summed E-state index contributed by atoms with van der Waals surface area (Å²) in [4.78, 5) is 29.6. The van der Waals surface area contributed by atoms with Crippen LogP contribution >= 0.6 is 0 Å². The highest BCUT2D eigenvalue weighted by Crippen LogP contribution is 2.34. The van der Waals surface area contributed by atoms with Gasteiger partial charge in [-0.1, -0.05) is 48.5 Å². The summed E-state index contributed by atoms with van der Waals surface area (Å²) in [6.07, 6.45) is 0. The van der Waals surface area contributed by atoms with Gasteiger partial charge in [0.05, 0.1) is 33.2 Å². The Labute approximate surface area is 176 Å². The summed E-state index contributed by atoms with van der Waals surface area (Å²) in [6.45, 7) is 0. The van der Waals surface area contributed by atoms with Gasteiger partial charge in [-0.3, -0.25) is 0 Å². The minimum Gasteiger partial charge on any atom is -0.386 e. The van der Waals surface area contributed by atoms with Gasteiger partial charge in [-0.25, -0.2) is 14.6 Å². The number of rotatable bonds is 1. The SMILES string of the molecule is Cn1c2ccccc2c(=Nc2ccc3c4c(cccc24)C(=O)OC3=O)c2ccccc21. The summed E-state index contributed by atoms with van der Waals surface area (Å²) in [6, 6.07) is 25.2. The van der Waals surface area contributed by atoms with E-state index in [0.717, 1.165) is 32.5 Å². The molecule has 0 unspecified atom stereocenters. The molecule has 148 valence electrons. The van der Waals surface area contributed by atoms with Crippen LogP contribution in [-0.2, 0) is 11.8 Å². The van der Waals surface area contributed by atoms with Gasteiger partial charge < -0.3 is 9.30 Å². The second-order valence-corrected chi connectivity index (χ2v) is 7.59. The van der Waals surface area contributed by atoms with Gasteiger partial charge in [-0.05, 0) is 30.3 Å². The number of para-hydroxylation sites is 2. The molecular weight excluding hydrogens is 388 g/mol. The molecule has 0 radical (unpaired) electrons. The number of carbonyl (C=O) groups excluding carboxylic acids is 2. The molecule has 0 saturated carbocycles. The summed E-state index contributed by atoms with van der Waals surface area (Å²) in [5.41, 5.74) is 3.62. The van der Waals surface area contributed by atoms with Crippen LogP contribution in [0.4, 0.5) is 5.69 Å². The van der Waals surface area contributed by atoms with Crippen LogP contribution in [0.5, 0.6) is 0 Å². The second-order valence-electron chi connectivity index (χ2n) is 7.59. The van der Waals surface area contributed by atoms with Crippen molar-refractivity contribution in [2.75, 3.05) is 0 Å². The molecule has 5 aromatic rings. The summed E-state index contributed by atoms with van der Waals surface area (Å²) in [5, 5.41) is 4.26. The fourth-order valence-electron chi connectivity index (χ4n) is 4.47. The van der Waals surface area contributed by atoms with E-state index in [4.69, 9.17) is 9.73 Å². The van der Waals surface area contributed by atoms with Crippen LogP contribution in [0.3, 0.4) is 0 Å². The number of aromatic nitrogens is 1. The predicted molar refractivity (Wildman–Crippen MR) is 119 cm³/mol. The molecule has 6 rings (SSSR count). The van der Waals surface area contributed by atoms with Gasteiger partial charge in [-0.2, -0.15) is 0 Å². The van der Waals surface area contributed by atoms with Crippen molar-refractivity contribution in [3.8, 4) is 0 Å². The number of hydrogen-bond donors (Lipinski definition) is 0.